The minimum atomic E-state index is -4.52. The average molecular weight is 464 g/mol. The van der Waals surface area contributed by atoms with Gasteiger partial charge in [0.15, 0.2) is 0 Å². The zero-order valence-electron chi connectivity index (χ0n) is 19.4. The highest BCUT2D eigenvalue weighted by Gasteiger charge is 2.37. The molecule has 0 saturated heterocycles. The maximum atomic E-state index is 11.2. The number of phosphoric acid groups is 1. The topological polar surface area (TPSA) is 79.1 Å². The van der Waals surface area contributed by atoms with E-state index in [9.17, 15) is 4.57 Å². The van der Waals surface area contributed by atoms with Gasteiger partial charge in [-0.05, 0) is 12.8 Å². The van der Waals surface area contributed by atoms with E-state index in [4.69, 9.17) is 14.3 Å². The lowest BCUT2D eigenvalue weighted by molar-refractivity contribution is 0.279. The van der Waals surface area contributed by atoms with Crippen LogP contribution in [0.1, 0.15) is 129 Å². The molecule has 0 amide bonds. The van der Waals surface area contributed by atoms with Crippen LogP contribution in [0, 0.1) is 0 Å². The molecule has 2 N–H and O–H groups in total. The van der Waals surface area contributed by atoms with E-state index in [0.29, 0.717) is 0 Å². The first-order valence-corrected chi connectivity index (χ1v) is 14.9. The van der Waals surface area contributed by atoms with Crippen LogP contribution in [0.3, 0.4) is 0 Å². The van der Waals surface area contributed by atoms with Crippen LogP contribution in [-0.2, 0) is 9.09 Å². The van der Waals surface area contributed by atoms with E-state index >= 15 is 0 Å². The summed E-state index contributed by atoms with van der Waals surface area (Å²) in [7, 11) is -4.52. The Morgan fingerprint density at radius 3 is 1.60 bits per heavy atom. The second-order valence-electron chi connectivity index (χ2n) is 8.92. The van der Waals surface area contributed by atoms with Crippen molar-refractivity contribution in [2.45, 2.75) is 135 Å². The normalized spacial score (nSPS) is 16.1. The Morgan fingerprint density at radius 2 is 1.20 bits per heavy atom. The van der Waals surface area contributed by atoms with E-state index in [1.807, 2.05) is 0 Å². The fourth-order valence-corrected chi connectivity index (χ4v) is 5.91. The van der Waals surface area contributed by atoms with E-state index in [1.54, 1.807) is 0 Å². The second-order valence-corrected chi connectivity index (χ2v) is 11.0. The van der Waals surface area contributed by atoms with Crippen molar-refractivity contribution < 1.29 is 18.9 Å². The molecule has 0 bridgehead atoms. The van der Waals surface area contributed by atoms with Gasteiger partial charge in [0.25, 0.3) is 5.23 Å². The molecule has 0 unspecified atom stereocenters. The second kappa shape index (κ2) is 16.6. The minimum Gasteiger partial charge on any atom is -0.380 e. The van der Waals surface area contributed by atoms with E-state index in [0.717, 1.165) is 31.4 Å². The molecule has 178 valence electrons. The molecule has 1 heterocycles. The van der Waals surface area contributed by atoms with Crippen molar-refractivity contribution in [3.8, 4) is 0 Å². The summed E-state index contributed by atoms with van der Waals surface area (Å²) in [6.07, 6.45) is 22.5. The van der Waals surface area contributed by atoms with Crippen LogP contribution in [0.25, 0.3) is 0 Å². The molecule has 0 radical (unpaired) electrons. The molecule has 0 aromatic heterocycles. The maximum Gasteiger partial charge on any atom is 0.526 e. The number of thioether (sulfide) groups is 1. The average Bonchev–Trinajstić information content (AvgIpc) is 3.07. The minimum absolute atomic E-state index is 0.183. The van der Waals surface area contributed by atoms with Crippen LogP contribution in [0.4, 0.5) is 0 Å². The van der Waals surface area contributed by atoms with Crippen LogP contribution in [-0.4, -0.2) is 26.3 Å². The first kappa shape index (κ1) is 28.0. The Kier molecular flexibility index (Phi) is 15.5. The number of aliphatic imine (C=N–C) groups is 1. The molecular weight excluding hydrogens is 417 g/mol. The van der Waals surface area contributed by atoms with Gasteiger partial charge in [0.2, 0.25) is 0 Å². The first-order chi connectivity index (χ1) is 14.4. The number of rotatable bonds is 19. The smallest absolute Gasteiger partial charge is 0.380 e. The van der Waals surface area contributed by atoms with E-state index in [2.05, 4.69) is 18.8 Å². The lowest BCUT2D eigenvalue weighted by Crippen LogP contribution is -2.27. The number of hydrogen-bond donors (Lipinski definition) is 2. The predicted octanol–water partition coefficient (Wildman–Crippen LogP) is 8.00. The molecule has 0 spiro atoms. The highest BCUT2D eigenvalue weighted by atomic mass is 32.2. The largest absolute Gasteiger partial charge is 0.526 e. The van der Waals surface area contributed by atoms with Gasteiger partial charge in [-0.25, -0.2) is 9.56 Å². The quantitative estimate of drug-likeness (QED) is 0.150. The van der Waals surface area contributed by atoms with Gasteiger partial charge < -0.3 is 4.52 Å². The van der Waals surface area contributed by atoms with Crippen molar-refractivity contribution in [1.29, 1.82) is 0 Å². The lowest BCUT2D eigenvalue weighted by atomic mass is 9.88. The van der Waals surface area contributed by atoms with Crippen molar-refractivity contribution in [3.05, 3.63) is 0 Å². The Balaban J connectivity index is 2.38. The maximum absolute atomic E-state index is 11.2. The summed E-state index contributed by atoms with van der Waals surface area (Å²) in [5.74, 6) is 0.787. The summed E-state index contributed by atoms with van der Waals surface area (Å²) >= 11 is 1.37. The van der Waals surface area contributed by atoms with E-state index in [-0.39, 0.29) is 10.8 Å². The van der Waals surface area contributed by atoms with Gasteiger partial charge in [-0.1, -0.05) is 128 Å². The molecule has 0 fully saturated rings. The van der Waals surface area contributed by atoms with Crippen molar-refractivity contribution in [3.63, 3.8) is 0 Å². The first-order valence-electron chi connectivity index (χ1n) is 12.4. The summed E-state index contributed by atoms with van der Waals surface area (Å²) in [6.45, 7) is 4.49. The van der Waals surface area contributed by atoms with Crippen LogP contribution < -0.4 is 0 Å². The molecule has 0 aromatic carbocycles. The van der Waals surface area contributed by atoms with E-state index in [1.165, 1.54) is 102 Å². The summed E-state index contributed by atoms with van der Waals surface area (Å²) in [5.41, 5.74) is -0.195. The number of hydrogen-bond acceptors (Lipinski definition) is 4. The molecule has 1 aliphatic heterocycles. The molecule has 0 aliphatic carbocycles. The van der Waals surface area contributed by atoms with E-state index < -0.39 is 7.82 Å². The van der Waals surface area contributed by atoms with Gasteiger partial charge in [-0.15, -0.1) is 0 Å². The summed E-state index contributed by atoms with van der Waals surface area (Å²) in [6, 6.07) is 0. The number of unbranched alkanes of at least 4 members (excludes halogenated alkanes) is 14. The molecule has 0 saturated carbocycles. The molecule has 1 aliphatic rings. The third-order valence-corrected chi connectivity index (χ3v) is 7.62. The molecule has 0 atom stereocenters. The van der Waals surface area contributed by atoms with Crippen molar-refractivity contribution >= 4 is 24.8 Å². The van der Waals surface area contributed by atoms with Gasteiger partial charge in [0.1, 0.15) is 0 Å². The van der Waals surface area contributed by atoms with Crippen LogP contribution in [0.5, 0.6) is 0 Å². The molecular formula is C23H46NO4PS. The highest BCUT2D eigenvalue weighted by molar-refractivity contribution is 8.14. The molecule has 0 aromatic rings. The van der Waals surface area contributed by atoms with Gasteiger partial charge in [0.05, 0.1) is 5.54 Å². The van der Waals surface area contributed by atoms with Crippen LogP contribution >= 0.6 is 19.6 Å². The van der Waals surface area contributed by atoms with Gasteiger partial charge >= 0.3 is 7.82 Å². The Labute approximate surface area is 189 Å². The summed E-state index contributed by atoms with van der Waals surface area (Å²) in [5, 5.41) is 0.183. The van der Waals surface area contributed by atoms with Crippen molar-refractivity contribution in [1.82, 2.24) is 0 Å². The van der Waals surface area contributed by atoms with Gasteiger partial charge in [0, 0.05) is 5.75 Å². The fourth-order valence-electron chi connectivity index (χ4n) is 4.16. The Morgan fingerprint density at radius 1 is 0.800 bits per heavy atom. The number of nitrogens with zero attached hydrogens (tertiary/aromatic N) is 1. The predicted molar refractivity (Wildman–Crippen MR) is 130 cm³/mol. The zero-order chi connectivity index (χ0) is 22.1. The van der Waals surface area contributed by atoms with Crippen molar-refractivity contribution in [2.24, 2.45) is 4.99 Å². The van der Waals surface area contributed by atoms with Crippen LogP contribution in [0.2, 0.25) is 0 Å². The van der Waals surface area contributed by atoms with Crippen molar-refractivity contribution in [2.75, 3.05) is 5.75 Å². The fraction of sp³-hybridized carbons (Fsp3) is 0.957. The monoisotopic (exact) mass is 463 g/mol. The third-order valence-electron chi connectivity index (χ3n) is 5.98. The molecule has 30 heavy (non-hydrogen) atoms. The summed E-state index contributed by atoms with van der Waals surface area (Å²) in [4.78, 5) is 22.9. The molecule has 7 heteroatoms. The standard InChI is InChI=1S/C23H46NO4PS/c1-3-5-7-9-11-13-15-17-19-23(20-18-16-14-12-10-8-6-4-2)21-30-22(24-23)28-29(25,26)27/h3-21H2,1-2H3,(H2,25,26,27). The van der Waals surface area contributed by atoms with Gasteiger partial charge in [-0.3, -0.25) is 9.79 Å². The highest BCUT2D eigenvalue weighted by Crippen LogP contribution is 2.44. The summed E-state index contributed by atoms with van der Waals surface area (Å²) < 4.78 is 16.0. The molecule has 1 rings (SSSR count). The molecule has 5 nitrogen and oxygen atoms in total. The lowest BCUT2D eigenvalue weighted by Gasteiger charge is -2.25. The Hall–Kier alpha value is -0.0300. The third kappa shape index (κ3) is 14.1. The zero-order valence-corrected chi connectivity index (χ0v) is 21.2. The SMILES string of the molecule is CCCCCCCCCCC1(CCCCCCCCCC)CSC(OP(=O)(O)O)=N1. The number of phosphoric ester groups is 1. The Bertz CT molecular complexity index is 489. The van der Waals surface area contributed by atoms with Crippen LogP contribution in [0.15, 0.2) is 4.99 Å². The van der Waals surface area contributed by atoms with Gasteiger partial charge in [-0.2, -0.15) is 0 Å².